The third-order valence-corrected chi connectivity index (χ3v) is 5.94. The monoisotopic (exact) mass is 376 g/mol. The normalized spacial score (nSPS) is 15.2. The van der Waals surface area contributed by atoms with Crippen LogP contribution in [0.2, 0.25) is 5.02 Å². The number of likely N-dealkylation sites (tertiary alicyclic amines) is 1. The number of carbonyl (C=O) groups is 2. The van der Waals surface area contributed by atoms with Crippen molar-refractivity contribution >= 4 is 40.4 Å². The summed E-state index contributed by atoms with van der Waals surface area (Å²) < 4.78 is 0. The second-order valence-electron chi connectivity index (χ2n) is 6.31. The summed E-state index contributed by atoms with van der Waals surface area (Å²) >= 11 is 7.70. The number of carbonyl (C=O) groups excluding carboxylic acids is 2. The first kappa shape index (κ1) is 18.0. The second-order valence-corrected chi connectivity index (χ2v) is 7.75. The van der Waals surface area contributed by atoms with Gasteiger partial charge in [0.2, 0.25) is 11.8 Å². The van der Waals surface area contributed by atoms with Crippen molar-refractivity contribution in [3.05, 3.63) is 51.2 Å². The van der Waals surface area contributed by atoms with Crippen molar-refractivity contribution in [2.75, 3.05) is 18.4 Å². The molecule has 1 N–H and O–H groups in total. The molecule has 3 rings (SSSR count). The highest BCUT2D eigenvalue weighted by Crippen LogP contribution is 2.25. The molecule has 0 spiro atoms. The smallest absolute Gasteiger partial charge is 0.227 e. The van der Waals surface area contributed by atoms with Crippen molar-refractivity contribution < 1.29 is 9.59 Å². The minimum atomic E-state index is -0.0656. The van der Waals surface area contributed by atoms with Gasteiger partial charge in [0.1, 0.15) is 0 Å². The van der Waals surface area contributed by atoms with E-state index in [2.05, 4.69) is 5.32 Å². The van der Waals surface area contributed by atoms with Crippen LogP contribution in [0.5, 0.6) is 0 Å². The first-order valence-corrected chi connectivity index (χ1v) is 9.66. The van der Waals surface area contributed by atoms with Crippen LogP contribution in [0.3, 0.4) is 0 Å². The Labute approximate surface area is 156 Å². The third kappa shape index (κ3) is 4.41. The Morgan fingerprint density at radius 3 is 2.68 bits per heavy atom. The van der Waals surface area contributed by atoms with Gasteiger partial charge in [0, 0.05) is 34.6 Å². The summed E-state index contributed by atoms with van der Waals surface area (Å²) in [5, 5.41) is 5.60. The molecule has 0 unspecified atom stereocenters. The van der Waals surface area contributed by atoms with Crippen LogP contribution in [-0.4, -0.2) is 29.8 Å². The highest BCUT2D eigenvalue weighted by Gasteiger charge is 2.27. The van der Waals surface area contributed by atoms with Crippen LogP contribution in [-0.2, 0) is 16.0 Å². The summed E-state index contributed by atoms with van der Waals surface area (Å²) in [6.07, 6.45) is 1.85. The van der Waals surface area contributed by atoms with Crippen LogP contribution in [0, 0.1) is 12.8 Å². The molecule has 4 nitrogen and oxygen atoms in total. The Morgan fingerprint density at radius 2 is 2.00 bits per heavy atom. The van der Waals surface area contributed by atoms with Crippen molar-refractivity contribution in [1.29, 1.82) is 0 Å². The average Bonchev–Trinajstić information content (AvgIpc) is 3.12. The topological polar surface area (TPSA) is 49.4 Å². The van der Waals surface area contributed by atoms with Crippen LogP contribution in [0.25, 0.3) is 0 Å². The Morgan fingerprint density at radius 1 is 1.24 bits per heavy atom. The molecule has 1 aliphatic heterocycles. The van der Waals surface area contributed by atoms with Gasteiger partial charge < -0.3 is 10.2 Å². The fourth-order valence-corrected chi connectivity index (χ4v) is 3.91. The molecule has 2 heterocycles. The molecule has 2 aromatic rings. The lowest BCUT2D eigenvalue weighted by molar-refractivity contribution is -0.133. The molecule has 0 aliphatic carbocycles. The molecule has 1 aromatic heterocycles. The summed E-state index contributed by atoms with van der Waals surface area (Å²) in [5.74, 6) is 0.0897. The number of thiophene rings is 1. The summed E-state index contributed by atoms with van der Waals surface area (Å²) in [6, 6.07) is 9.44. The van der Waals surface area contributed by atoms with Crippen molar-refractivity contribution in [3.63, 3.8) is 0 Å². The highest BCUT2D eigenvalue weighted by atomic mass is 35.5. The number of nitrogens with zero attached hydrogens (tertiary/aromatic N) is 1. The number of nitrogens with one attached hydrogen (secondary N) is 1. The van der Waals surface area contributed by atoms with E-state index in [1.165, 1.54) is 0 Å². The molecule has 1 saturated heterocycles. The van der Waals surface area contributed by atoms with Crippen LogP contribution in [0.1, 0.15) is 23.3 Å². The van der Waals surface area contributed by atoms with Gasteiger partial charge in [-0.1, -0.05) is 23.7 Å². The zero-order valence-corrected chi connectivity index (χ0v) is 15.7. The van der Waals surface area contributed by atoms with Gasteiger partial charge in [-0.3, -0.25) is 9.59 Å². The van der Waals surface area contributed by atoms with Gasteiger partial charge in [-0.25, -0.2) is 0 Å². The summed E-state index contributed by atoms with van der Waals surface area (Å²) in [4.78, 5) is 27.8. The zero-order valence-electron chi connectivity index (χ0n) is 14.1. The molecule has 2 amide bonds. The number of anilines is 1. The van der Waals surface area contributed by atoms with E-state index in [0.29, 0.717) is 37.4 Å². The second kappa shape index (κ2) is 8.02. The fourth-order valence-electron chi connectivity index (χ4n) is 3.04. The van der Waals surface area contributed by atoms with Gasteiger partial charge in [-0.2, -0.15) is 0 Å². The van der Waals surface area contributed by atoms with Crippen LogP contribution >= 0.6 is 22.9 Å². The number of benzene rings is 1. The first-order chi connectivity index (χ1) is 12.0. The number of rotatable bonds is 4. The summed E-state index contributed by atoms with van der Waals surface area (Å²) in [5.41, 5.74) is 1.63. The van der Waals surface area contributed by atoms with Crippen LogP contribution < -0.4 is 5.32 Å². The maximum atomic E-state index is 12.5. The molecule has 0 radical (unpaired) electrons. The van der Waals surface area contributed by atoms with Gasteiger partial charge in [0.25, 0.3) is 0 Å². The van der Waals surface area contributed by atoms with Crippen LogP contribution in [0.4, 0.5) is 5.69 Å². The van der Waals surface area contributed by atoms with Crippen molar-refractivity contribution in [1.82, 2.24) is 4.90 Å². The number of amides is 2. The van der Waals surface area contributed by atoms with E-state index in [-0.39, 0.29) is 17.7 Å². The van der Waals surface area contributed by atoms with Gasteiger partial charge in [0.15, 0.2) is 0 Å². The van der Waals surface area contributed by atoms with Gasteiger partial charge in [0.05, 0.1) is 6.42 Å². The molecule has 25 heavy (non-hydrogen) atoms. The van der Waals surface area contributed by atoms with E-state index in [1.807, 2.05) is 47.5 Å². The number of hydrogen-bond acceptors (Lipinski definition) is 3. The zero-order chi connectivity index (χ0) is 17.8. The predicted molar refractivity (Wildman–Crippen MR) is 102 cm³/mol. The summed E-state index contributed by atoms with van der Waals surface area (Å²) in [6.45, 7) is 3.16. The summed E-state index contributed by atoms with van der Waals surface area (Å²) in [7, 11) is 0. The molecule has 1 aliphatic rings. The highest BCUT2D eigenvalue weighted by molar-refractivity contribution is 7.10. The molecular formula is C19H21ClN2O2S. The molecule has 0 bridgehead atoms. The third-order valence-electron chi connectivity index (χ3n) is 4.65. The molecular weight excluding hydrogens is 356 g/mol. The number of piperidine rings is 1. The number of halogens is 1. The lowest BCUT2D eigenvalue weighted by Gasteiger charge is -2.31. The standard InChI is InChI=1S/C19H21ClN2O2S/c1-13-16(20)5-2-6-17(13)21-19(24)14-7-9-22(10-8-14)18(23)12-15-4-3-11-25-15/h2-6,11,14H,7-10,12H2,1H3,(H,21,24). The van der Waals surface area contributed by atoms with Crippen molar-refractivity contribution in [3.8, 4) is 0 Å². The predicted octanol–water partition coefficient (Wildman–Crippen LogP) is 4.13. The minimum absolute atomic E-state index is 0.00993. The maximum absolute atomic E-state index is 12.5. The Hall–Kier alpha value is -1.85. The molecule has 6 heteroatoms. The quantitative estimate of drug-likeness (QED) is 0.872. The lowest BCUT2D eigenvalue weighted by atomic mass is 9.95. The number of hydrogen-bond donors (Lipinski definition) is 1. The van der Waals surface area contributed by atoms with E-state index in [4.69, 9.17) is 11.6 Å². The molecule has 132 valence electrons. The fraction of sp³-hybridized carbons (Fsp3) is 0.368. The van der Waals surface area contributed by atoms with Gasteiger partial charge in [-0.05, 0) is 48.9 Å². The average molecular weight is 377 g/mol. The van der Waals surface area contributed by atoms with E-state index >= 15 is 0 Å². The van der Waals surface area contributed by atoms with Crippen LogP contribution in [0.15, 0.2) is 35.7 Å². The van der Waals surface area contributed by atoms with E-state index in [9.17, 15) is 9.59 Å². The molecule has 1 aromatic carbocycles. The maximum Gasteiger partial charge on any atom is 0.227 e. The lowest BCUT2D eigenvalue weighted by Crippen LogP contribution is -2.42. The molecule has 0 atom stereocenters. The first-order valence-electron chi connectivity index (χ1n) is 8.40. The van der Waals surface area contributed by atoms with E-state index in [0.717, 1.165) is 16.1 Å². The largest absolute Gasteiger partial charge is 0.342 e. The minimum Gasteiger partial charge on any atom is -0.342 e. The van der Waals surface area contributed by atoms with Crippen molar-refractivity contribution in [2.45, 2.75) is 26.2 Å². The molecule has 1 fully saturated rings. The Bertz CT molecular complexity index is 753. The SMILES string of the molecule is Cc1c(Cl)cccc1NC(=O)C1CCN(C(=O)Cc2cccs2)CC1. The Balaban J connectivity index is 1.52. The molecule has 0 saturated carbocycles. The Kier molecular flexibility index (Phi) is 5.76. The van der Waals surface area contributed by atoms with Gasteiger partial charge in [-0.15, -0.1) is 11.3 Å². The van der Waals surface area contributed by atoms with E-state index < -0.39 is 0 Å². The van der Waals surface area contributed by atoms with Crippen molar-refractivity contribution in [2.24, 2.45) is 5.92 Å². The van der Waals surface area contributed by atoms with Gasteiger partial charge >= 0.3 is 0 Å². The van der Waals surface area contributed by atoms with E-state index in [1.54, 1.807) is 11.3 Å².